The minimum atomic E-state index is -3.74. The molecule has 162 valence electrons. The van der Waals surface area contributed by atoms with Gasteiger partial charge < -0.3 is 5.32 Å². The first kappa shape index (κ1) is 20.9. The molecule has 4 rings (SSSR count). The maximum absolute atomic E-state index is 13.2. The number of aromatic nitrogens is 4. The SMILES string of the molecule is Cc1ncc(C(=O)NC2CCCCC2)c([C@@H]2CCCN2S(=O)(=O)c2cnn(C)c2)n1. The van der Waals surface area contributed by atoms with Gasteiger partial charge in [-0.3, -0.25) is 9.48 Å². The first-order valence-electron chi connectivity index (χ1n) is 10.5. The van der Waals surface area contributed by atoms with Crippen molar-refractivity contribution in [1.29, 1.82) is 0 Å². The van der Waals surface area contributed by atoms with Gasteiger partial charge in [0.25, 0.3) is 5.91 Å². The molecule has 2 aromatic rings. The molecule has 2 aliphatic rings. The zero-order valence-corrected chi connectivity index (χ0v) is 18.2. The molecule has 3 heterocycles. The average molecular weight is 433 g/mol. The molecule has 0 bridgehead atoms. The minimum absolute atomic E-state index is 0.149. The van der Waals surface area contributed by atoms with Gasteiger partial charge in [0.1, 0.15) is 10.7 Å². The number of amides is 1. The predicted molar refractivity (Wildman–Crippen MR) is 110 cm³/mol. The second-order valence-electron chi connectivity index (χ2n) is 8.15. The summed E-state index contributed by atoms with van der Waals surface area (Å²) in [6.07, 6.45) is 11.1. The number of carbonyl (C=O) groups is 1. The molecule has 0 radical (unpaired) electrons. The zero-order chi connectivity index (χ0) is 21.3. The Labute approximate surface area is 176 Å². The Morgan fingerprint density at radius 3 is 2.60 bits per heavy atom. The Bertz CT molecular complexity index is 1030. The molecule has 1 amide bonds. The largest absolute Gasteiger partial charge is 0.349 e. The van der Waals surface area contributed by atoms with Crippen LogP contribution in [-0.4, -0.2) is 51.0 Å². The summed E-state index contributed by atoms with van der Waals surface area (Å²) in [5, 5.41) is 7.10. The van der Waals surface area contributed by atoms with E-state index in [4.69, 9.17) is 0 Å². The van der Waals surface area contributed by atoms with Crippen molar-refractivity contribution in [3.8, 4) is 0 Å². The van der Waals surface area contributed by atoms with Crippen LogP contribution in [-0.2, 0) is 17.1 Å². The van der Waals surface area contributed by atoms with Crippen LogP contribution >= 0.6 is 0 Å². The van der Waals surface area contributed by atoms with Gasteiger partial charge >= 0.3 is 0 Å². The van der Waals surface area contributed by atoms with Gasteiger partial charge in [-0.2, -0.15) is 9.40 Å². The summed E-state index contributed by atoms with van der Waals surface area (Å²) >= 11 is 0. The third-order valence-corrected chi connectivity index (χ3v) is 7.79. The summed E-state index contributed by atoms with van der Waals surface area (Å²) < 4.78 is 29.4. The maximum Gasteiger partial charge on any atom is 0.254 e. The van der Waals surface area contributed by atoms with E-state index < -0.39 is 16.1 Å². The maximum atomic E-state index is 13.2. The van der Waals surface area contributed by atoms with Crippen LogP contribution in [0.4, 0.5) is 0 Å². The van der Waals surface area contributed by atoms with Crippen molar-refractivity contribution in [2.75, 3.05) is 6.54 Å². The summed E-state index contributed by atoms with van der Waals surface area (Å²) in [7, 11) is -2.06. The highest BCUT2D eigenvalue weighted by atomic mass is 32.2. The van der Waals surface area contributed by atoms with Crippen LogP contribution in [0.1, 0.15) is 72.9 Å². The van der Waals surface area contributed by atoms with E-state index in [0.717, 1.165) is 25.7 Å². The van der Waals surface area contributed by atoms with E-state index >= 15 is 0 Å². The van der Waals surface area contributed by atoms with Crippen LogP contribution in [0.5, 0.6) is 0 Å². The molecule has 10 heteroatoms. The quantitative estimate of drug-likeness (QED) is 0.775. The van der Waals surface area contributed by atoms with Gasteiger partial charge in [0, 0.05) is 32.0 Å². The van der Waals surface area contributed by atoms with E-state index in [0.29, 0.717) is 36.5 Å². The Balaban J connectivity index is 1.65. The van der Waals surface area contributed by atoms with E-state index in [1.165, 1.54) is 34.0 Å². The standard InChI is InChI=1S/C20H28N6O3S/c1-14-21-12-17(20(27)24-15-7-4-3-5-8-15)19(23-14)18-9-6-10-26(18)30(28,29)16-11-22-25(2)13-16/h11-13,15,18H,3-10H2,1-2H3,(H,24,27)/t18-/m0/s1. The number of nitrogens with one attached hydrogen (secondary N) is 1. The third kappa shape index (κ3) is 4.11. The Morgan fingerprint density at radius 2 is 1.90 bits per heavy atom. The highest BCUT2D eigenvalue weighted by Gasteiger charge is 2.39. The Kier molecular flexibility index (Phi) is 5.88. The first-order valence-corrected chi connectivity index (χ1v) is 11.9. The van der Waals surface area contributed by atoms with Crippen LogP contribution in [0.25, 0.3) is 0 Å². The lowest BCUT2D eigenvalue weighted by Gasteiger charge is -2.26. The molecule has 2 fully saturated rings. The summed E-state index contributed by atoms with van der Waals surface area (Å²) in [6, 6.07) is -0.344. The zero-order valence-electron chi connectivity index (χ0n) is 17.4. The molecule has 0 spiro atoms. The van der Waals surface area contributed by atoms with Gasteiger partial charge in [0.15, 0.2) is 0 Å². The van der Waals surface area contributed by atoms with E-state index in [1.54, 1.807) is 14.0 Å². The number of carbonyl (C=O) groups excluding carboxylic acids is 1. The summed E-state index contributed by atoms with van der Waals surface area (Å²) in [6.45, 7) is 2.13. The van der Waals surface area contributed by atoms with Crippen molar-refractivity contribution in [3.63, 3.8) is 0 Å². The molecule has 9 nitrogen and oxygen atoms in total. The number of hydrogen-bond donors (Lipinski definition) is 1. The van der Waals surface area contributed by atoms with E-state index in [1.807, 2.05) is 0 Å². The fraction of sp³-hybridized carbons (Fsp3) is 0.600. The number of hydrogen-bond acceptors (Lipinski definition) is 6. The summed E-state index contributed by atoms with van der Waals surface area (Å²) in [5.74, 6) is 0.298. The molecule has 1 saturated heterocycles. The third-order valence-electron chi connectivity index (χ3n) is 5.93. The number of aryl methyl sites for hydroxylation is 2. The topological polar surface area (TPSA) is 110 Å². The number of sulfonamides is 1. The minimum Gasteiger partial charge on any atom is -0.349 e. The molecular formula is C20H28N6O3S. The second-order valence-corrected chi connectivity index (χ2v) is 10.0. The van der Waals surface area contributed by atoms with E-state index in [9.17, 15) is 13.2 Å². The van der Waals surface area contributed by atoms with Crippen LogP contribution < -0.4 is 5.32 Å². The Morgan fingerprint density at radius 1 is 1.13 bits per heavy atom. The van der Waals surface area contributed by atoms with Crippen molar-refractivity contribution in [2.45, 2.75) is 68.8 Å². The first-order chi connectivity index (χ1) is 14.4. The lowest BCUT2D eigenvalue weighted by molar-refractivity contribution is 0.0924. The summed E-state index contributed by atoms with van der Waals surface area (Å²) in [4.78, 5) is 22.0. The van der Waals surface area contributed by atoms with Crippen molar-refractivity contribution in [2.24, 2.45) is 7.05 Å². The fourth-order valence-corrected chi connectivity index (χ4v) is 6.04. The molecule has 1 N–H and O–H groups in total. The van der Waals surface area contributed by atoms with Gasteiger partial charge in [-0.25, -0.2) is 18.4 Å². The summed E-state index contributed by atoms with van der Waals surface area (Å²) in [5.41, 5.74) is 0.852. The molecule has 1 aliphatic heterocycles. The number of nitrogens with zero attached hydrogens (tertiary/aromatic N) is 5. The average Bonchev–Trinajstić information content (AvgIpc) is 3.38. The van der Waals surface area contributed by atoms with Gasteiger partial charge in [0.05, 0.1) is 23.5 Å². The molecule has 2 aromatic heterocycles. The van der Waals surface area contributed by atoms with Gasteiger partial charge in [-0.1, -0.05) is 19.3 Å². The highest BCUT2D eigenvalue weighted by Crippen LogP contribution is 2.37. The van der Waals surface area contributed by atoms with Crippen molar-refractivity contribution < 1.29 is 13.2 Å². The van der Waals surface area contributed by atoms with E-state index in [-0.39, 0.29) is 16.8 Å². The predicted octanol–water partition coefficient (Wildman–Crippen LogP) is 2.11. The van der Waals surface area contributed by atoms with Crippen molar-refractivity contribution >= 4 is 15.9 Å². The molecule has 1 aliphatic carbocycles. The lowest BCUT2D eigenvalue weighted by atomic mass is 9.95. The van der Waals surface area contributed by atoms with Crippen LogP contribution in [0.3, 0.4) is 0 Å². The molecule has 1 saturated carbocycles. The van der Waals surface area contributed by atoms with Gasteiger partial charge in [0.2, 0.25) is 10.0 Å². The molecule has 0 aromatic carbocycles. The monoisotopic (exact) mass is 432 g/mol. The van der Waals surface area contributed by atoms with E-state index in [2.05, 4.69) is 20.4 Å². The van der Waals surface area contributed by atoms with Gasteiger partial charge in [-0.05, 0) is 32.6 Å². The van der Waals surface area contributed by atoms with Gasteiger partial charge in [-0.15, -0.1) is 0 Å². The molecule has 0 unspecified atom stereocenters. The second kappa shape index (κ2) is 8.43. The lowest BCUT2D eigenvalue weighted by Crippen LogP contribution is -2.38. The number of rotatable bonds is 5. The smallest absolute Gasteiger partial charge is 0.254 e. The molecule has 30 heavy (non-hydrogen) atoms. The van der Waals surface area contributed by atoms with Crippen LogP contribution in [0.2, 0.25) is 0 Å². The van der Waals surface area contributed by atoms with Crippen LogP contribution in [0, 0.1) is 6.92 Å². The molecular weight excluding hydrogens is 404 g/mol. The van der Waals surface area contributed by atoms with Crippen molar-refractivity contribution in [3.05, 3.63) is 35.7 Å². The Hall–Kier alpha value is -2.33. The van der Waals surface area contributed by atoms with Crippen LogP contribution in [0.15, 0.2) is 23.5 Å². The highest BCUT2D eigenvalue weighted by molar-refractivity contribution is 7.89. The van der Waals surface area contributed by atoms with Crippen molar-refractivity contribution in [1.82, 2.24) is 29.4 Å². The fourth-order valence-electron chi connectivity index (χ4n) is 4.40. The normalized spacial score (nSPS) is 21.1. The molecule has 1 atom stereocenters.